The van der Waals surface area contributed by atoms with E-state index in [0.29, 0.717) is 38.3 Å². The molecule has 0 aliphatic carbocycles. The summed E-state index contributed by atoms with van der Waals surface area (Å²) in [7, 11) is 0. The Morgan fingerprint density at radius 3 is 2.43 bits per heavy atom. The van der Waals surface area contributed by atoms with Gasteiger partial charge in [0, 0.05) is 26.2 Å². The SMILES string of the molecule is CCCN1C(=O)C(CC(C)C)NC(=O)C12CCN(Cc1cccc(OCc3ccccc3)c1)CC2. The monoisotopic (exact) mass is 477 g/mol. The molecule has 6 heteroatoms. The Bertz CT molecular complexity index is 999. The number of nitrogens with one attached hydrogen (secondary N) is 1. The van der Waals surface area contributed by atoms with E-state index in [0.717, 1.165) is 37.4 Å². The van der Waals surface area contributed by atoms with Crippen LogP contribution in [-0.4, -0.2) is 52.8 Å². The first-order valence-corrected chi connectivity index (χ1v) is 13.0. The highest BCUT2D eigenvalue weighted by atomic mass is 16.5. The van der Waals surface area contributed by atoms with Crippen LogP contribution in [0.2, 0.25) is 0 Å². The van der Waals surface area contributed by atoms with Gasteiger partial charge in [0.25, 0.3) is 0 Å². The van der Waals surface area contributed by atoms with E-state index >= 15 is 0 Å². The molecule has 2 saturated heterocycles. The highest BCUT2D eigenvalue weighted by Gasteiger charge is 2.53. The van der Waals surface area contributed by atoms with Gasteiger partial charge in [0.15, 0.2) is 0 Å². The van der Waals surface area contributed by atoms with Gasteiger partial charge in [-0.25, -0.2) is 0 Å². The molecule has 188 valence electrons. The summed E-state index contributed by atoms with van der Waals surface area (Å²) in [5.74, 6) is 1.35. The number of piperidine rings is 1. The lowest BCUT2D eigenvalue weighted by atomic mass is 9.80. The number of carbonyl (C=O) groups is 2. The fraction of sp³-hybridized carbons (Fsp3) is 0.517. The van der Waals surface area contributed by atoms with Gasteiger partial charge in [-0.1, -0.05) is 63.2 Å². The van der Waals surface area contributed by atoms with E-state index in [-0.39, 0.29) is 11.8 Å². The molecule has 1 spiro atoms. The molecule has 4 rings (SSSR count). The van der Waals surface area contributed by atoms with Crippen LogP contribution < -0.4 is 10.1 Å². The van der Waals surface area contributed by atoms with Crippen LogP contribution in [-0.2, 0) is 22.7 Å². The second-order valence-electron chi connectivity index (χ2n) is 10.4. The average molecular weight is 478 g/mol. The zero-order chi connectivity index (χ0) is 24.8. The van der Waals surface area contributed by atoms with Crippen LogP contribution in [0.5, 0.6) is 5.75 Å². The number of piperazine rings is 1. The van der Waals surface area contributed by atoms with E-state index in [1.807, 2.05) is 35.2 Å². The molecule has 0 saturated carbocycles. The first-order valence-electron chi connectivity index (χ1n) is 13.0. The molecule has 0 radical (unpaired) electrons. The number of amides is 2. The second kappa shape index (κ2) is 11.3. The molecule has 0 aromatic heterocycles. The number of carbonyl (C=O) groups excluding carboxylic acids is 2. The van der Waals surface area contributed by atoms with Gasteiger partial charge < -0.3 is 15.0 Å². The smallest absolute Gasteiger partial charge is 0.246 e. The van der Waals surface area contributed by atoms with Crippen LogP contribution >= 0.6 is 0 Å². The third-order valence-corrected chi connectivity index (χ3v) is 7.20. The molecule has 1 unspecified atom stereocenters. The lowest BCUT2D eigenvalue weighted by molar-refractivity contribution is -0.161. The highest BCUT2D eigenvalue weighted by molar-refractivity contribution is 6.00. The van der Waals surface area contributed by atoms with E-state index < -0.39 is 11.6 Å². The summed E-state index contributed by atoms with van der Waals surface area (Å²) in [6.07, 6.45) is 2.89. The minimum absolute atomic E-state index is 0.0344. The molecule has 6 nitrogen and oxygen atoms in total. The first kappa shape index (κ1) is 25.2. The van der Waals surface area contributed by atoms with Crippen molar-refractivity contribution in [3.8, 4) is 5.75 Å². The summed E-state index contributed by atoms with van der Waals surface area (Å²) in [5, 5.41) is 3.08. The lowest BCUT2D eigenvalue weighted by Crippen LogP contribution is -2.73. The van der Waals surface area contributed by atoms with Gasteiger partial charge in [-0.3, -0.25) is 14.5 Å². The number of benzene rings is 2. The van der Waals surface area contributed by atoms with Crippen LogP contribution in [0.4, 0.5) is 0 Å². The van der Waals surface area contributed by atoms with Gasteiger partial charge in [-0.2, -0.15) is 0 Å². The van der Waals surface area contributed by atoms with Gasteiger partial charge in [0.05, 0.1) is 0 Å². The Hall–Kier alpha value is -2.86. The molecule has 2 amide bonds. The Morgan fingerprint density at radius 1 is 1.03 bits per heavy atom. The van der Waals surface area contributed by atoms with Gasteiger partial charge in [0.1, 0.15) is 23.9 Å². The Morgan fingerprint density at radius 2 is 1.74 bits per heavy atom. The molecule has 35 heavy (non-hydrogen) atoms. The van der Waals surface area contributed by atoms with E-state index in [1.165, 1.54) is 5.56 Å². The molecule has 2 aromatic carbocycles. The topological polar surface area (TPSA) is 61.9 Å². The number of hydrogen-bond acceptors (Lipinski definition) is 4. The molecule has 2 aliphatic rings. The molecule has 1 N–H and O–H groups in total. The molecule has 2 aromatic rings. The summed E-state index contributed by atoms with van der Waals surface area (Å²) in [5.41, 5.74) is 1.63. The normalized spacial score (nSPS) is 20.3. The molecule has 2 heterocycles. The molecule has 0 bridgehead atoms. The van der Waals surface area contributed by atoms with E-state index in [2.05, 4.69) is 55.3 Å². The van der Waals surface area contributed by atoms with Crippen molar-refractivity contribution >= 4 is 11.8 Å². The minimum Gasteiger partial charge on any atom is -0.489 e. The molecular weight excluding hydrogens is 438 g/mol. The number of nitrogens with zero attached hydrogens (tertiary/aromatic N) is 2. The van der Waals surface area contributed by atoms with Crippen LogP contribution in [0.3, 0.4) is 0 Å². The molecular formula is C29H39N3O3. The lowest BCUT2D eigenvalue weighted by Gasteiger charge is -2.52. The third-order valence-electron chi connectivity index (χ3n) is 7.20. The third kappa shape index (κ3) is 5.87. The number of likely N-dealkylation sites (tertiary alicyclic amines) is 1. The molecule has 1 atom stereocenters. The van der Waals surface area contributed by atoms with Gasteiger partial charge in [-0.05, 0) is 54.9 Å². The fourth-order valence-corrected chi connectivity index (χ4v) is 5.37. The Labute approximate surface area is 209 Å². The maximum Gasteiger partial charge on any atom is 0.246 e. The second-order valence-corrected chi connectivity index (χ2v) is 10.4. The molecule has 2 fully saturated rings. The predicted molar refractivity (Wildman–Crippen MR) is 138 cm³/mol. The Balaban J connectivity index is 1.38. The number of ether oxygens (including phenoxy) is 1. The van der Waals surface area contributed by atoms with Crippen molar-refractivity contribution < 1.29 is 14.3 Å². The van der Waals surface area contributed by atoms with Crippen molar-refractivity contribution in [1.82, 2.24) is 15.1 Å². The number of rotatable bonds is 9. The van der Waals surface area contributed by atoms with Crippen molar-refractivity contribution in [2.75, 3.05) is 19.6 Å². The van der Waals surface area contributed by atoms with Crippen molar-refractivity contribution in [1.29, 1.82) is 0 Å². The van der Waals surface area contributed by atoms with Gasteiger partial charge in [0.2, 0.25) is 11.8 Å². The fourth-order valence-electron chi connectivity index (χ4n) is 5.37. The van der Waals surface area contributed by atoms with E-state index in [1.54, 1.807) is 0 Å². The standard InChI is InChI=1S/C29H39N3O3/c1-4-15-32-27(33)26(18-22(2)3)30-28(34)29(32)13-16-31(17-14-29)20-24-11-8-12-25(19-24)35-21-23-9-6-5-7-10-23/h5-12,19,22,26H,4,13-18,20-21H2,1-3H3,(H,30,34). The highest BCUT2D eigenvalue weighted by Crippen LogP contribution is 2.34. The summed E-state index contributed by atoms with van der Waals surface area (Å²) >= 11 is 0. The van der Waals surface area contributed by atoms with Gasteiger partial charge in [-0.15, -0.1) is 0 Å². The van der Waals surface area contributed by atoms with Crippen molar-refractivity contribution in [3.05, 3.63) is 65.7 Å². The predicted octanol–water partition coefficient (Wildman–Crippen LogP) is 4.38. The van der Waals surface area contributed by atoms with Crippen molar-refractivity contribution in [2.24, 2.45) is 5.92 Å². The Kier molecular flexibility index (Phi) is 8.11. The summed E-state index contributed by atoms with van der Waals surface area (Å²) < 4.78 is 6.00. The van der Waals surface area contributed by atoms with Crippen LogP contribution in [0.1, 0.15) is 57.6 Å². The largest absolute Gasteiger partial charge is 0.489 e. The first-order chi connectivity index (χ1) is 16.9. The van der Waals surface area contributed by atoms with Crippen LogP contribution in [0, 0.1) is 5.92 Å². The maximum absolute atomic E-state index is 13.4. The molecule has 2 aliphatic heterocycles. The zero-order valence-corrected chi connectivity index (χ0v) is 21.3. The van der Waals surface area contributed by atoms with Crippen LogP contribution in [0.15, 0.2) is 54.6 Å². The number of hydrogen-bond donors (Lipinski definition) is 1. The summed E-state index contributed by atoms with van der Waals surface area (Å²) in [6, 6.07) is 18.0. The summed E-state index contributed by atoms with van der Waals surface area (Å²) in [4.78, 5) is 31.0. The van der Waals surface area contributed by atoms with Gasteiger partial charge >= 0.3 is 0 Å². The maximum atomic E-state index is 13.4. The van der Waals surface area contributed by atoms with Crippen molar-refractivity contribution in [2.45, 2.75) is 71.2 Å². The summed E-state index contributed by atoms with van der Waals surface area (Å²) in [6.45, 7) is 9.81. The van der Waals surface area contributed by atoms with E-state index in [9.17, 15) is 9.59 Å². The van der Waals surface area contributed by atoms with E-state index in [4.69, 9.17) is 4.74 Å². The van der Waals surface area contributed by atoms with Crippen LogP contribution in [0.25, 0.3) is 0 Å². The average Bonchev–Trinajstić information content (AvgIpc) is 2.86. The minimum atomic E-state index is -0.711. The zero-order valence-electron chi connectivity index (χ0n) is 21.3. The van der Waals surface area contributed by atoms with Crippen molar-refractivity contribution in [3.63, 3.8) is 0 Å². The quantitative estimate of drug-likeness (QED) is 0.582.